The van der Waals surface area contributed by atoms with Crippen molar-refractivity contribution >= 4 is 19.4 Å². The van der Waals surface area contributed by atoms with Gasteiger partial charge in [-0.1, -0.05) is 17.7 Å². The maximum Gasteiger partial charge on any atom is 0.0882 e. The van der Waals surface area contributed by atoms with Crippen LogP contribution in [0.15, 0.2) is 11.9 Å². The number of rotatable bonds is 0. The lowest BCUT2D eigenvalue weighted by molar-refractivity contribution is 0.650. The molecule has 1 N–H and O–H groups in total. The molecule has 8 heavy (non-hydrogen) atoms. The van der Waals surface area contributed by atoms with E-state index >= 15 is 0 Å². The highest BCUT2D eigenvalue weighted by Gasteiger charge is 1.98. The van der Waals surface area contributed by atoms with Crippen LogP contribution in [0.1, 0.15) is 5.56 Å². The topological polar surface area (TPSA) is 20.2 Å². The quantitative estimate of drug-likeness (QED) is 0.599. The highest BCUT2D eigenvalue weighted by molar-refractivity contribution is 7.46. The molecule has 0 aromatic carbocycles. The molecule has 3 heteroatoms. The van der Waals surface area contributed by atoms with Gasteiger partial charge in [-0.05, 0) is 18.3 Å². The van der Waals surface area contributed by atoms with Gasteiger partial charge in [-0.3, -0.25) is 0 Å². The SMILES string of the molecule is Cc1ccp(O)c1Cl. The Morgan fingerprint density at radius 1 is 1.75 bits per heavy atom. The lowest BCUT2D eigenvalue weighted by Crippen LogP contribution is -1.56. The second-order valence-electron chi connectivity index (χ2n) is 1.63. The van der Waals surface area contributed by atoms with E-state index in [0.29, 0.717) is 4.75 Å². The smallest absolute Gasteiger partial charge is 0.0882 e. The van der Waals surface area contributed by atoms with Gasteiger partial charge in [-0.25, -0.2) is 0 Å². The zero-order valence-electron chi connectivity index (χ0n) is 4.43. The van der Waals surface area contributed by atoms with Gasteiger partial charge in [0, 0.05) is 7.76 Å². The molecular weight excluding hydrogens is 142 g/mol. The molecule has 1 unspecified atom stereocenters. The summed E-state index contributed by atoms with van der Waals surface area (Å²) >= 11 is 5.61. The van der Waals surface area contributed by atoms with E-state index in [9.17, 15) is 0 Å². The molecule has 0 spiro atoms. The summed E-state index contributed by atoms with van der Waals surface area (Å²) in [6.45, 7) is 1.89. The Kier molecular flexibility index (Phi) is 1.62. The third-order valence-corrected chi connectivity index (χ3v) is 3.00. The van der Waals surface area contributed by atoms with Crippen molar-refractivity contribution in [2.45, 2.75) is 6.92 Å². The first-order valence-corrected chi connectivity index (χ1v) is 3.98. The monoisotopic (exact) mass is 148 g/mol. The second-order valence-corrected chi connectivity index (χ2v) is 3.71. The van der Waals surface area contributed by atoms with Crippen molar-refractivity contribution in [1.29, 1.82) is 0 Å². The zero-order chi connectivity index (χ0) is 6.15. The molecule has 0 saturated carbocycles. The first kappa shape index (κ1) is 6.15. The Morgan fingerprint density at radius 2 is 2.38 bits per heavy atom. The molecule has 0 aliphatic heterocycles. The van der Waals surface area contributed by atoms with Crippen molar-refractivity contribution in [3.8, 4) is 0 Å². The summed E-state index contributed by atoms with van der Waals surface area (Å²) in [5.41, 5.74) is 0.986. The maximum absolute atomic E-state index is 8.96. The Morgan fingerprint density at radius 3 is 2.50 bits per heavy atom. The van der Waals surface area contributed by atoms with Crippen molar-refractivity contribution in [3.63, 3.8) is 0 Å². The zero-order valence-corrected chi connectivity index (χ0v) is 6.08. The van der Waals surface area contributed by atoms with Crippen LogP contribution in [0, 0.1) is 6.92 Å². The first-order valence-electron chi connectivity index (χ1n) is 2.24. The highest BCUT2D eigenvalue weighted by atomic mass is 35.5. The minimum absolute atomic E-state index is 0.611. The molecule has 1 atom stereocenters. The van der Waals surface area contributed by atoms with E-state index in [1.165, 1.54) is 0 Å². The van der Waals surface area contributed by atoms with Crippen LogP contribution in [-0.2, 0) is 0 Å². The van der Waals surface area contributed by atoms with Crippen LogP contribution >= 0.6 is 19.4 Å². The van der Waals surface area contributed by atoms with Gasteiger partial charge in [0.1, 0.15) is 0 Å². The van der Waals surface area contributed by atoms with E-state index in [4.69, 9.17) is 16.5 Å². The molecule has 0 saturated heterocycles. The number of halogens is 1. The van der Waals surface area contributed by atoms with Gasteiger partial charge in [-0.2, -0.15) is 0 Å². The summed E-state index contributed by atoms with van der Waals surface area (Å²) in [6, 6.07) is 1.84. The van der Waals surface area contributed by atoms with Gasteiger partial charge in [-0.15, -0.1) is 0 Å². The molecule has 1 heterocycles. The lowest BCUT2D eigenvalue weighted by Gasteiger charge is -1.84. The fourth-order valence-corrected chi connectivity index (χ4v) is 1.66. The minimum Gasteiger partial charge on any atom is -0.345 e. The van der Waals surface area contributed by atoms with Crippen LogP contribution in [0.5, 0.6) is 0 Å². The standard InChI is InChI=1S/C5H6ClOP/c1-4-2-3-8(7)5(4)6/h2-3,7H,1H3. The van der Waals surface area contributed by atoms with Crippen molar-refractivity contribution < 1.29 is 4.89 Å². The van der Waals surface area contributed by atoms with Crippen LogP contribution < -0.4 is 0 Å². The largest absolute Gasteiger partial charge is 0.345 e. The van der Waals surface area contributed by atoms with E-state index in [1.54, 1.807) is 5.80 Å². The number of hydrogen-bond donors (Lipinski definition) is 1. The Labute approximate surface area is 54.1 Å². The van der Waals surface area contributed by atoms with Gasteiger partial charge in [0.05, 0.1) is 4.75 Å². The second kappa shape index (κ2) is 2.10. The predicted octanol–water partition coefficient (Wildman–Crippen LogP) is 2.39. The molecule has 0 aliphatic rings. The van der Waals surface area contributed by atoms with Gasteiger partial charge < -0.3 is 4.89 Å². The molecule has 1 aromatic rings. The van der Waals surface area contributed by atoms with Gasteiger partial charge in [0.15, 0.2) is 0 Å². The third kappa shape index (κ3) is 0.899. The number of aryl methyl sites for hydroxylation is 1. The normalized spacial score (nSPS) is 12.1. The third-order valence-electron chi connectivity index (χ3n) is 0.992. The molecule has 0 aliphatic carbocycles. The van der Waals surface area contributed by atoms with E-state index < -0.39 is 7.76 Å². The molecule has 1 aromatic heterocycles. The molecule has 44 valence electrons. The van der Waals surface area contributed by atoms with Gasteiger partial charge in [0.2, 0.25) is 0 Å². The summed E-state index contributed by atoms with van der Waals surface area (Å²) < 4.78 is 0.611. The van der Waals surface area contributed by atoms with Crippen molar-refractivity contribution in [2.24, 2.45) is 0 Å². The lowest BCUT2D eigenvalue weighted by atomic mass is 10.4. The summed E-state index contributed by atoms with van der Waals surface area (Å²) in [4.78, 5) is 8.96. The Bertz CT molecular complexity index is 175. The minimum atomic E-state index is -1.10. The molecule has 0 radical (unpaired) electrons. The van der Waals surface area contributed by atoms with Crippen molar-refractivity contribution in [3.05, 3.63) is 22.2 Å². The molecule has 1 rings (SSSR count). The van der Waals surface area contributed by atoms with Crippen molar-refractivity contribution in [2.75, 3.05) is 0 Å². The maximum atomic E-state index is 8.96. The van der Waals surface area contributed by atoms with Crippen molar-refractivity contribution in [1.82, 2.24) is 0 Å². The summed E-state index contributed by atoms with van der Waals surface area (Å²) in [5, 5.41) is 0. The molecule has 0 bridgehead atoms. The van der Waals surface area contributed by atoms with E-state index in [0.717, 1.165) is 5.56 Å². The summed E-state index contributed by atoms with van der Waals surface area (Å²) in [7, 11) is -1.10. The molecule has 1 nitrogen and oxygen atoms in total. The Balaban J connectivity index is 3.19. The highest BCUT2D eigenvalue weighted by Crippen LogP contribution is 2.36. The first-order chi connectivity index (χ1) is 3.72. The fraction of sp³-hybridized carbons (Fsp3) is 0.200. The summed E-state index contributed by atoms with van der Waals surface area (Å²) in [6.07, 6.45) is 0. The van der Waals surface area contributed by atoms with E-state index in [2.05, 4.69) is 0 Å². The van der Waals surface area contributed by atoms with Crippen LogP contribution in [0.25, 0.3) is 0 Å². The molecular formula is C5H6ClOP. The van der Waals surface area contributed by atoms with Crippen LogP contribution in [-0.4, -0.2) is 4.89 Å². The van der Waals surface area contributed by atoms with E-state index in [1.807, 2.05) is 13.0 Å². The predicted molar refractivity (Wildman–Crippen MR) is 36.5 cm³/mol. The average Bonchev–Trinajstić information content (AvgIpc) is 1.98. The van der Waals surface area contributed by atoms with Crippen LogP contribution in [0.4, 0.5) is 0 Å². The number of hydrogen-bond acceptors (Lipinski definition) is 1. The van der Waals surface area contributed by atoms with E-state index in [-0.39, 0.29) is 0 Å². The van der Waals surface area contributed by atoms with Gasteiger partial charge >= 0.3 is 0 Å². The summed E-state index contributed by atoms with van der Waals surface area (Å²) in [5.74, 6) is 1.73. The molecule has 0 fully saturated rings. The Hall–Kier alpha value is 0.0300. The van der Waals surface area contributed by atoms with Crippen LogP contribution in [0.3, 0.4) is 0 Å². The fourth-order valence-electron chi connectivity index (χ4n) is 0.497. The molecule has 0 amide bonds. The van der Waals surface area contributed by atoms with Crippen LogP contribution in [0.2, 0.25) is 4.75 Å². The average molecular weight is 149 g/mol. The van der Waals surface area contributed by atoms with Gasteiger partial charge in [0.25, 0.3) is 0 Å².